The number of likely N-dealkylation sites (tertiary alicyclic amines) is 1. The molecule has 4 rings (SSSR count). The average molecular weight is 454 g/mol. The number of amides is 3. The summed E-state index contributed by atoms with van der Waals surface area (Å²) in [5.41, 5.74) is 1.45. The molecule has 0 spiro atoms. The highest BCUT2D eigenvalue weighted by Crippen LogP contribution is 2.30. The minimum absolute atomic E-state index is 0.0940. The van der Waals surface area contributed by atoms with Gasteiger partial charge in [-0.2, -0.15) is 0 Å². The molecule has 7 nitrogen and oxygen atoms in total. The Morgan fingerprint density at radius 3 is 2.33 bits per heavy atom. The van der Waals surface area contributed by atoms with E-state index in [-0.39, 0.29) is 18.2 Å². The summed E-state index contributed by atoms with van der Waals surface area (Å²) < 4.78 is 11.2. The summed E-state index contributed by atoms with van der Waals surface area (Å²) in [6, 6.07) is 12.0. The molecule has 1 saturated carbocycles. The summed E-state index contributed by atoms with van der Waals surface area (Å²) >= 11 is 0. The van der Waals surface area contributed by atoms with Crippen molar-refractivity contribution < 1.29 is 18.7 Å². The summed E-state index contributed by atoms with van der Waals surface area (Å²) in [7, 11) is 0. The maximum Gasteiger partial charge on any atom is 0.410 e. The largest absolute Gasteiger partial charge is 0.464 e. The molecule has 0 radical (unpaired) electrons. The van der Waals surface area contributed by atoms with Gasteiger partial charge in [0.1, 0.15) is 17.1 Å². The van der Waals surface area contributed by atoms with E-state index in [1.54, 1.807) is 4.90 Å². The summed E-state index contributed by atoms with van der Waals surface area (Å²) in [5, 5.41) is 3.06. The minimum atomic E-state index is -0.482. The van der Waals surface area contributed by atoms with Gasteiger partial charge in [-0.15, -0.1) is 0 Å². The van der Waals surface area contributed by atoms with Gasteiger partial charge in [0, 0.05) is 30.7 Å². The number of carbonyl (C=O) groups is 2. The molecule has 178 valence electrons. The van der Waals surface area contributed by atoms with Crippen LogP contribution in [0, 0.1) is 6.92 Å². The number of anilines is 1. The molecule has 1 aromatic carbocycles. The van der Waals surface area contributed by atoms with Crippen LogP contribution in [0.15, 0.2) is 40.8 Å². The summed E-state index contributed by atoms with van der Waals surface area (Å²) in [5.74, 6) is 1.96. The number of urea groups is 1. The van der Waals surface area contributed by atoms with Crippen LogP contribution in [-0.4, -0.2) is 46.7 Å². The quantitative estimate of drug-likeness (QED) is 0.612. The van der Waals surface area contributed by atoms with Crippen molar-refractivity contribution in [3.05, 3.63) is 53.5 Å². The predicted octanol–water partition coefficient (Wildman–Crippen LogP) is 5.90. The van der Waals surface area contributed by atoms with Crippen LogP contribution in [0.3, 0.4) is 0 Å². The van der Waals surface area contributed by atoms with Crippen molar-refractivity contribution in [1.29, 1.82) is 0 Å². The molecule has 1 saturated heterocycles. The van der Waals surface area contributed by atoms with Gasteiger partial charge in [-0.05, 0) is 70.4 Å². The lowest BCUT2D eigenvalue weighted by molar-refractivity contribution is 0.00819. The molecular weight excluding hydrogens is 418 g/mol. The number of nitrogens with one attached hydrogen (secondary N) is 1. The van der Waals surface area contributed by atoms with Crippen molar-refractivity contribution in [3.8, 4) is 0 Å². The van der Waals surface area contributed by atoms with E-state index < -0.39 is 5.60 Å². The third-order valence-electron chi connectivity index (χ3n) is 6.32. The molecule has 1 aliphatic carbocycles. The molecule has 0 atom stereocenters. The fourth-order valence-corrected chi connectivity index (χ4v) is 4.52. The van der Waals surface area contributed by atoms with E-state index in [4.69, 9.17) is 9.15 Å². The van der Waals surface area contributed by atoms with E-state index in [1.165, 1.54) is 0 Å². The second-order valence-electron chi connectivity index (χ2n) is 10.2. The summed E-state index contributed by atoms with van der Waals surface area (Å²) in [6.07, 6.45) is 4.11. The average Bonchev–Trinajstić information content (AvgIpc) is 3.36. The number of benzene rings is 1. The van der Waals surface area contributed by atoms with Crippen LogP contribution >= 0.6 is 0 Å². The normalized spacial score (nSPS) is 17.0. The van der Waals surface area contributed by atoms with Crippen molar-refractivity contribution in [2.24, 2.45) is 0 Å². The number of ether oxygens (including phenoxy) is 1. The van der Waals surface area contributed by atoms with Crippen LogP contribution in [-0.2, 0) is 11.3 Å². The lowest BCUT2D eigenvalue weighted by atomic mass is 9.92. The maximum atomic E-state index is 13.1. The van der Waals surface area contributed by atoms with Gasteiger partial charge in [0.25, 0.3) is 0 Å². The zero-order valence-corrected chi connectivity index (χ0v) is 20.1. The monoisotopic (exact) mass is 453 g/mol. The third kappa shape index (κ3) is 5.89. The lowest BCUT2D eigenvalue weighted by Gasteiger charge is -2.40. The van der Waals surface area contributed by atoms with Gasteiger partial charge < -0.3 is 24.3 Å². The van der Waals surface area contributed by atoms with Gasteiger partial charge in [-0.25, -0.2) is 9.59 Å². The smallest absolute Gasteiger partial charge is 0.410 e. The molecule has 33 heavy (non-hydrogen) atoms. The Hall–Kier alpha value is -2.96. The molecule has 0 unspecified atom stereocenters. The first-order valence-electron chi connectivity index (χ1n) is 11.9. The van der Waals surface area contributed by atoms with Crippen LogP contribution < -0.4 is 5.32 Å². The van der Waals surface area contributed by atoms with E-state index in [0.717, 1.165) is 48.5 Å². The maximum absolute atomic E-state index is 13.1. The van der Waals surface area contributed by atoms with Crippen molar-refractivity contribution >= 4 is 17.8 Å². The molecule has 1 aromatic heterocycles. The van der Waals surface area contributed by atoms with E-state index in [2.05, 4.69) is 5.32 Å². The second-order valence-corrected chi connectivity index (χ2v) is 10.2. The molecule has 7 heteroatoms. The molecular formula is C26H35N3O4. The van der Waals surface area contributed by atoms with Crippen LogP contribution in [0.5, 0.6) is 0 Å². The highest BCUT2D eigenvalue weighted by Gasteiger charge is 2.34. The van der Waals surface area contributed by atoms with Gasteiger partial charge in [0.05, 0.1) is 6.54 Å². The number of hydrogen-bond acceptors (Lipinski definition) is 4. The standard InChI is InChI=1S/C26H35N3O4/c1-18-9-14-23(32-18)17-29(22-7-5-6-8-22)24(30)27-21-12-10-19(11-13-21)20-15-28(16-20)25(31)33-26(2,3)4/h9-14,20,22H,5-8,15-17H2,1-4H3,(H,27,30). The van der Waals surface area contributed by atoms with Crippen LogP contribution in [0.25, 0.3) is 0 Å². The Morgan fingerprint density at radius 1 is 1.09 bits per heavy atom. The van der Waals surface area contributed by atoms with E-state index in [1.807, 2.05) is 69.0 Å². The van der Waals surface area contributed by atoms with Gasteiger partial charge in [-0.1, -0.05) is 25.0 Å². The molecule has 2 fully saturated rings. The summed E-state index contributed by atoms with van der Waals surface area (Å²) in [4.78, 5) is 28.9. The third-order valence-corrected chi connectivity index (χ3v) is 6.32. The van der Waals surface area contributed by atoms with Crippen molar-refractivity contribution in [2.75, 3.05) is 18.4 Å². The highest BCUT2D eigenvalue weighted by molar-refractivity contribution is 5.89. The molecule has 0 bridgehead atoms. The van der Waals surface area contributed by atoms with Gasteiger partial charge in [0.15, 0.2) is 0 Å². The summed E-state index contributed by atoms with van der Waals surface area (Å²) in [6.45, 7) is 9.32. The Labute approximate surface area is 196 Å². The molecule has 1 N–H and O–H groups in total. The first-order valence-corrected chi connectivity index (χ1v) is 11.9. The SMILES string of the molecule is Cc1ccc(CN(C(=O)Nc2ccc(C3CN(C(=O)OC(C)(C)C)C3)cc2)C2CCCC2)o1. The minimum Gasteiger partial charge on any atom is -0.464 e. The van der Waals surface area contributed by atoms with Crippen LogP contribution in [0.1, 0.15) is 69.5 Å². The molecule has 2 heterocycles. The van der Waals surface area contributed by atoms with Crippen LogP contribution in [0.2, 0.25) is 0 Å². The van der Waals surface area contributed by atoms with Gasteiger partial charge >= 0.3 is 12.1 Å². The Morgan fingerprint density at radius 2 is 1.76 bits per heavy atom. The predicted molar refractivity (Wildman–Crippen MR) is 127 cm³/mol. The zero-order valence-electron chi connectivity index (χ0n) is 20.1. The fourth-order valence-electron chi connectivity index (χ4n) is 4.52. The van der Waals surface area contributed by atoms with Crippen LogP contribution in [0.4, 0.5) is 15.3 Å². The highest BCUT2D eigenvalue weighted by atomic mass is 16.6. The molecule has 3 amide bonds. The number of furan rings is 1. The fraction of sp³-hybridized carbons (Fsp3) is 0.538. The molecule has 2 aliphatic rings. The Bertz CT molecular complexity index is 964. The van der Waals surface area contributed by atoms with Crippen molar-refractivity contribution in [1.82, 2.24) is 9.80 Å². The van der Waals surface area contributed by atoms with Gasteiger partial charge in [0.2, 0.25) is 0 Å². The second kappa shape index (κ2) is 9.49. The van der Waals surface area contributed by atoms with Crippen molar-refractivity contribution in [3.63, 3.8) is 0 Å². The number of hydrogen-bond donors (Lipinski definition) is 1. The number of aryl methyl sites for hydroxylation is 1. The lowest BCUT2D eigenvalue weighted by Crippen LogP contribution is -2.50. The van der Waals surface area contributed by atoms with E-state index >= 15 is 0 Å². The Kier molecular flexibility index (Phi) is 6.68. The first-order chi connectivity index (χ1) is 15.7. The first kappa shape index (κ1) is 23.2. The van der Waals surface area contributed by atoms with Crippen molar-refractivity contribution in [2.45, 2.75) is 77.5 Å². The van der Waals surface area contributed by atoms with E-state index in [9.17, 15) is 9.59 Å². The topological polar surface area (TPSA) is 75.0 Å². The number of nitrogens with zero attached hydrogens (tertiary/aromatic N) is 2. The van der Waals surface area contributed by atoms with E-state index in [0.29, 0.717) is 25.6 Å². The Balaban J connectivity index is 1.33. The van der Waals surface area contributed by atoms with Gasteiger partial charge in [-0.3, -0.25) is 0 Å². The molecule has 2 aromatic rings. The zero-order chi connectivity index (χ0) is 23.6. The molecule has 1 aliphatic heterocycles. The number of carbonyl (C=O) groups excluding carboxylic acids is 2. The number of rotatable bonds is 5.